The van der Waals surface area contributed by atoms with E-state index in [-0.39, 0.29) is 11.7 Å². The van der Waals surface area contributed by atoms with E-state index in [1.165, 1.54) is 5.57 Å². The normalized spacial score (nSPS) is 32.2. The van der Waals surface area contributed by atoms with Crippen molar-refractivity contribution in [2.45, 2.75) is 19.3 Å². The SMILES string of the molecule is COCC1CCC2=CCC=C[C@]2(COC)C1=O. The van der Waals surface area contributed by atoms with Gasteiger partial charge in [-0.1, -0.05) is 23.8 Å². The van der Waals surface area contributed by atoms with Gasteiger partial charge in [-0.15, -0.1) is 0 Å². The quantitative estimate of drug-likeness (QED) is 0.701. The van der Waals surface area contributed by atoms with Gasteiger partial charge in [0.25, 0.3) is 0 Å². The number of hydrogen-bond donors (Lipinski definition) is 0. The molecule has 94 valence electrons. The van der Waals surface area contributed by atoms with E-state index in [0.29, 0.717) is 13.2 Å². The van der Waals surface area contributed by atoms with Gasteiger partial charge in [0.15, 0.2) is 5.78 Å². The summed E-state index contributed by atoms with van der Waals surface area (Å²) in [5, 5.41) is 0. The Morgan fingerprint density at radius 1 is 1.41 bits per heavy atom. The largest absolute Gasteiger partial charge is 0.384 e. The number of methoxy groups -OCH3 is 2. The van der Waals surface area contributed by atoms with Gasteiger partial charge in [-0.2, -0.15) is 0 Å². The van der Waals surface area contributed by atoms with Gasteiger partial charge in [-0.25, -0.2) is 0 Å². The number of fused-ring (bicyclic) bond motifs is 1. The van der Waals surface area contributed by atoms with Crippen LogP contribution in [0.3, 0.4) is 0 Å². The van der Waals surface area contributed by atoms with Crippen molar-refractivity contribution >= 4 is 5.78 Å². The molecule has 3 nitrogen and oxygen atoms in total. The van der Waals surface area contributed by atoms with Crippen molar-refractivity contribution in [1.29, 1.82) is 0 Å². The van der Waals surface area contributed by atoms with Crippen LogP contribution >= 0.6 is 0 Å². The van der Waals surface area contributed by atoms with Crippen molar-refractivity contribution < 1.29 is 14.3 Å². The molecule has 2 atom stereocenters. The molecule has 0 aromatic rings. The van der Waals surface area contributed by atoms with Crippen molar-refractivity contribution in [2.24, 2.45) is 11.3 Å². The smallest absolute Gasteiger partial charge is 0.154 e. The molecule has 2 aliphatic rings. The molecule has 3 heteroatoms. The molecule has 2 rings (SSSR count). The van der Waals surface area contributed by atoms with Gasteiger partial charge >= 0.3 is 0 Å². The van der Waals surface area contributed by atoms with Gasteiger partial charge in [0.2, 0.25) is 0 Å². The highest BCUT2D eigenvalue weighted by Gasteiger charge is 2.46. The third-order valence-electron chi connectivity index (χ3n) is 3.79. The van der Waals surface area contributed by atoms with Gasteiger partial charge in [-0.3, -0.25) is 4.79 Å². The van der Waals surface area contributed by atoms with Crippen LogP contribution in [0.25, 0.3) is 0 Å². The lowest BCUT2D eigenvalue weighted by molar-refractivity contribution is -0.134. The molecule has 0 spiro atoms. The van der Waals surface area contributed by atoms with E-state index >= 15 is 0 Å². The maximum absolute atomic E-state index is 12.6. The Morgan fingerprint density at radius 2 is 2.24 bits per heavy atom. The second kappa shape index (κ2) is 5.15. The fourth-order valence-electron chi connectivity index (χ4n) is 2.96. The lowest BCUT2D eigenvalue weighted by Gasteiger charge is -2.40. The molecule has 17 heavy (non-hydrogen) atoms. The minimum atomic E-state index is -0.506. The molecule has 1 unspecified atom stereocenters. The summed E-state index contributed by atoms with van der Waals surface area (Å²) in [5.74, 6) is 0.268. The molecule has 0 N–H and O–H groups in total. The summed E-state index contributed by atoms with van der Waals surface area (Å²) in [4.78, 5) is 12.6. The van der Waals surface area contributed by atoms with E-state index in [9.17, 15) is 4.79 Å². The Morgan fingerprint density at radius 3 is 2.94 bits per heavy atom. The van der Waals surface area contributed by atoms with Gasteiger partial charge in [-0.05, 0) is 19.3 Å². The van der Waals surface area contributed by atoms with Crippen molar-refractivity contribution in [3.63, 3.8) is 0 Å². The summed E-state index contributed by atoms with van der Waals surface area (Å²) in [6.07, 6.45) is 9.10. The van der Waals surface area contributed by atoms with Crippen LogP contribution in [0.5, 0.6) is 0 Å². The number of ketones is 1. The summed E-state index contributed by atoms with van der Waals surface area (Å²) in [5.41, 5.74) is 0.730. The highest BCUT2D eigenvalue weighted by atomic mass is 16.5. The van der Waals surface area contributed by atoms with Crippen molar-refractivity contribution in [1.82, 2.24) is 0 Å². The lowest BCUT2D eigenvalue weighted by Crippen LogP contribution is -2.45. The van der Waals surface area contributed by atoms with Gasteiger partial charge in [0, 0.05) is 20.1 Å². The number of carbonyl (C=O) groups is 1. The minimum Gasteiger partial charge on any atom is -0.384 e. The third-order valence-corrected chi connectivity index (χ3v) is 3.79. The Bertz CT molecular complexity index is 356. The molecule has 0 heterocycles. The molecule has 0 bridgehead atoms. The standard InChI is InChI=1S/C14H20O3/c1-16-9-11-6-7-12-5-3-4-8-14(12,10-17-2)13(11)15/h4-5,8,11H,3,6-7,9-10H2,1-2H3/t11?,14-/m1/s1. The molecule has 0 aliphatic heterocycles. The van der Waals surface area contributed by atoms with E-state index in [4.69, 9.17) is 9.47 Å². The van der Waals surface area contributed by atoms with E-state index in [1.54, 1.807) is 14.2 Å². The van der Waals surface area contributed by atoms with Gasteiger partial charge in [0.1, 0.15) is 0 Å². The van der Waals surface area contributed by atoms with Crippen LogP contribution in [0.1, 0.15) is 19.3 Å². The molecular weight excluding hydrogens is 216 g/mol. The molecule has 0 saturated heterocycles. The average molecular weight is 236 g/mol. The summed E-state index contributed by atoms with van der Waals surface area (Å²) in [7, 11) is 3.31. The van der Waals surface area contributed by atoms with Crippen LogP contribution < -0.4 is 0 Å². The summed E-state index contributed by atoms with van der Waals surface area (Å²) < 4.78 is 10.4. The third kappa shape index (κ3) is 2.09. The van der Waals surface area contributed by atoms with Crippen molar-refractivity contribution in [3.8, 4) is 0 Å². The van der Waals surface area contributed by atoms with E-state index in [2.05, 4.69) is 12.2 Å². The summed E-state index contributed by atoms with van der Waals surface area (Å²) >= 11 is 0. The number of hydrogen-bond acceptors (Lipinski definition) is 3. The fourth-order valence-corrected chi connectivity index (χ4v) is 2.96. The Labute approximate surface area is 102 Å². The topological polar surface area (TPSA) is 35.5 Å². The predicted octanol–water partition coefficient (Wildman–Crippen LogP) is 2.13. The highest BCUT2D eigenvalue weighted by molar-refractivity contribution is 5.93. The molecule has 1 saturated carbocycles. The fraction of sp³-hybridized carbons (Fsp3) is 0.643. The van der Waals surface area contributed by atoms with Crippen LogP contribution in [0.15, 0.2) is 23.8 Å². The zero-order valence-corrected chi connectivity index (χ0v) is 10.6. The molecule has 0 aromatic heterocycles. The van der Waals surface area contributed by atoms with Crippen molar-refractivity contribution in [2.75, 3.05) is 27.4 Å². The van der Waals surface area contributed by atoms with E-state index < -0.39 is 5.41 Å². The lowest BCUT2D eigenvalue weighted by atomic mass is 9.64. The van der Waals surface area contributed by atoms with Crippen LogP contribution in [0.4, 0.5) is 0 Å². The first-order chi connectivity index (χ1) is 8.24. The van der Waals surface area contributed by atoms with Crippen LogP contribution in [-0.4, -0.2) is 33.2 Å². The van der Waals surface area contributed by atoms with Crippen molar-refractivity contribution in [3.05, 3.63) is 23.8 Å². The van der Waals surface area contributed by atoms with Crippen LogP contribution in [-0.2, 0) is 14.3 Å². The maximum Gasteiger partial charge on any atom is 0.154 e. The highest BCUT2D eigenvalue weighted by Crippen LogP contribution is 2.44. The number of rotatable bonds is 4. The molecule has 0 amide bonds. The second-order valence-electron chi connectivity index (χ2n) is 4.83. The maximum atomic E-state index is 12.6. The predicted molar refractivity (Wildman–Crippen MR) is 65.8 cm³/mol. The Hall–Kier alpha value is -0.930. The minimum absolute atomic E-state index is 0.00931. The number of allylic oxidation sites excluding steroid dienone is 2. The molecule has 1 fully saturated rings. The van der Waals surface area contributed by atoms with Gasteiger partial charge in [0.05, 0.1) is 18.6 Å². The zero-order valence-electron chi connectivity index (χ0n) is 10.6. The molecule has 2 aliphatic carbocycles. The summed E-state index contributed by atoms with van der Waals surface area (Å²) in [6.45, 7) is 0.972. The first-order valence-corrected chi connectivity index (χ1v) is 6.14. The van der Waals surface area contributed by atoms with E-state index in [0.717, 1.165) is 19.3 Å². The number of carbonyl (C=O) groups excluding carboxylic acids is 1. The average Bonchev–Trinajstić information content (AvgIpc) is 2.34. The first-order valence-electron chi connectivity index (χ1n) is 6.14. The monoisotopic (exact) mass is 236 g/mol. The Balaban J connectivity index is 2.29. The number of ether oxygens (including phenoxy) is 2. The van der Waals surface area contributed by atoms with Gasteiger partial charge < -0.3 is 9.47 Å². The number of Topliss-reactive ketones (excluding diaryl/α,β-unsaturated/α-hetero) is 1. The summed E-state index contributed by atoms with van der Waals surface area (Å²) in [6, 6.07) is 0. The zero-order chi connectivity index (χ0) is 12.3. The van der Waals surface area contributed by atoms with E-state index in [1.807, 2.05) is 6.08 Å². The Kier molecular flexibility index (Phi) is 3.79. The van der Waals surface area contributed by atoms with Crippen LogP contribution in [0, 0.1) is 11.3 Å². The molecular formula is C14H20O3. The molecule has 0 radical (unpaired) electrons. The second-order valence-corrected chi connectivity index (χ2v) is 4.83. The molecule has 0 aromatic carbocycles. The first kappa shape index (κ1) is 12.5. The van der Waals surface area contributed by atoms with Crippen LogP contribution in [0.2, 0.25) is 0 Å².